The number of alkyl halides is 1. The Balaban J connectivity index is 2.76. The number of rotatable bonds is 14. The van der Waals surface area contributed by atoms with Gasteiger partial charge < -0.3 is 31.9 Å². The Morgan fingerprint density at radius 2 is 1.50 bits per heavy atom. The molecule has 0 aliphatic rings. The number of carbonyl (C=O) groups is 5. The summed E-state index contributed by atoms with van der Waals surface area (Å²) in [6, 6.07) is 3.60. The molecule has 0 aliphatic heterocycles. The average molecular weight is 483 g/mol. The second-order valence-electron chi connectivity index (χ2n) is 7.94. The molecule has 0 fully saturated rings. The molecule has 34 heavy (non-hydrogen) atoms. The van der Waals surface area contributed by atoms with Gasteiger partial charge in [0.05, 0.1) is 12.2 Å². The van der Waals surface area contributed by atoms with Crippen LogP contribution in [0.1, 0.15) is 38.7 Å². The van der Waals surface area contributed by atoms with Crippen LogP contribution in [0.2, 0.25) is 0 Å². The molecule has 1 aromatic rings. The van der Waals surface area contributed by atoms with Gasteiger partial charge in [0.25, 0.3) is 0 Å². The molecule has 0 aliphatic carbocycles. The van der Waals surface area contributed by atoms with Gasteiger partial charge in [-0.05, 0) is 25.8 Å². The fourth-order valence-electron chi connectivity index (χ4n) is 2.97. The first-order valence-corrected chi connectivity index (χ1v) is 10.7. The van der Waals surface area contributed by atoms with Gasteiger partial charge in [-0.3, -0.25) is 19.2 Å². The first-order valence-electron chi connectivity index (χ1n) is 10.7. The molecule has 3 amide bonds. The standard InChI is InChI=1S/C22H31FN4O7/c1-12(23)10-16(26-20(31)15(24)8-9-18(28)29)21(32)25-13(2)19(30)27-17(22(33)34)11-14-6-4-3-5-7-14/h3-7,12-13,15-17H,8-11,24H2,1-2H3,(H,25,32)(H,26,31)(H,27,30)(H,28,29)(H,33,34)/t12?,13?,15-,16-,17-/m0/s1. The molecule has 2 unspecified atom stereocenters. The number of amides is 3. The predicted molar refractivity (Wildman–Crippen MR) is 119 cm³/mol. The quantitative estimate of drug-likeness (QED) is 0.209. The zero-order chi connectivity index (χ0) is 25.8. The van der Waals surface area contributed by atoms with Crippen LogP contribution in [-0.2, 0) is 30.4 Å². The lowest BCUT2D eigenvalue weighted by Gasteiger charge is -2.24. The lowest BCUT2D eigenvalue weighted by Crippen LogP contribution is -2.56. The van der Waals surface area contributed by atoms with Crippen LogP contribution in [0, 0.1) is 0 Å². The number of carboxylic acid groups (broad SMARTS) is 2. The summed E-state index contributed by atoms with van der Waals surface area (Å²) >= 11 is 0. The summed E-state index contributed by atoms with van der Waals surface area (Å²) in [6.07, 6.45) is -2.43. The second kappa shape index (κ2) is 13.9. The van der Waals surface area contributed by atoms with Gasteiger partial charge in [0.15, 0.2) is 0 Å². The monoisotopic (exact) mass is 482 g/mol. The molecule has 1 rings (SSSR count). The van der Waals surface area contributed by atoms with Crippen LogP contribution in [0.3, 0.4) is 0 Å². The molecule has 0 radical (unpaired) electrons. The van der Waals surface area contributed by atoms with Gasteiger partial charge in [-0.1, -0.05) is 30.3 Å². The van der Waals surface area contributed by atoms with Gasteiger partial charge in [0.1, 0.15) is 18.1 Å². The van der Waals surface area contributed by atoms with Crippen molar-refractivity contribution in [3.05, 3.63) is 35.9 Å². The van der Waals surface area contributed by atoms with E-state index >= 15 is 0 Å². The lowest BCUT2D eigenvalue weighted by atomic mass is 10.1. The lowest BCUT2D eigenvalue weighted by molar-refractivity contribution is -0.142. The van der Waals surface area contributed by atoms with Crippen LogP contribution in [0.5, 0.6) is 0 Å². The molecule has 0 heterocycles. The molecular formula is C22H31FN4O7. The number of nitrogens with one attached hydrogen (secondary N) is 3. The highest BCUT2D eigenvalue weighted by Gasteiger charge is 2.29. The normalized spacial score (nSPS) is 15.2. The first kappa shape index (κ1) is 28.5. The smallest absolute Gasteiger partial charge is 0.326 e. The molecule has 0 saturated carbocycles. The predicted octanol–water partition coefficient (Wildman–Crippen LogP) is -0.272. The Morgan fingerprint density at radius 1 is 0.912 bits per heavy atom. The largest absolute Gasteiger partial charge is 0.481 e. The van der Waals surface area contributed by atoms with Crippen LogP contribution >= 0.6 is 0 Å². The Labute approximate surface area is 196 Å². The highest BCUT2D eigenvalue weighted by atomic mass is 19.1. The van der Waals surface area contributed by atoms with Gasteiger partial charge in [0, 0.05) is 19.3 Å². The van der Waals surface area contributed by atoms with E-state index in [1.54, 1.807) is 30.3 Å². The summed E-state index contributed by atoms with van der Waals surface area (Å²) in [4.78, 5) is 59.5. The molecule has 0 saturated heterocycles. The number of halogens is 1. The van der Waals surface area contributed by atoms with Gasteiger partial charge in [-0.2, -0.15) is 0 Å². The minimum atomic E-state index is -1.49. The number of aliphatic carboxylic acids is 2. The van der Waals surface area contributed by atoms with Crippen molar-refractivity contribution in [3.8, 4) is 0 Å². The van der Waals surface area contributed by atoms with Crippen LogP contribution in [-0.4, -0.2) is 70.2 Å². The maximum Gasteiger partial charge on any atom is 0.326 e. The average Bonchev–Trinajstić information content (AvgIpc) is 2.76. The maximum absolute atomic E-state index is 13.6. The van der Waals surface area contributed by atoms with E-state index in [1.807, 2.05) is 0 Å². The minimum Gasteiger partial charge on any atom is -0.481 e. The van der Waals surface area contributed by atoms with E-state index in [-0.39, 0.29) is 19.3 Å². The fraction of sp³-hybridized carbons (Fsp3) is 0.500. The van der Waals surface area contributed by atoms with Crippen LogP contribution in [0.4, 0.5) is 4.39 Å². The Kier molecular flexibility index (Phi) is 11.6. The third-order valence-corrected chi connectivity index (χ3v) is 4.85. The van der Waals surface area contributed by atoms with Crippen molar-refractivity contribution in [3.63, 3.8) is 0 Å². The van der Waals surface area contributed by atoms with Gasteiger partial charge in [-0.15, -0.1) is 0 Å². The number of hydrogen-bond acceptors (Lipinski definition) is 6. The van der Waals surface area contributed by atoms with Crippen LogP contribution < -0.4 is 21.7 Å². The molecule has 11 nitrogen and oxygen atoms in total. The Morgan fingerprint density at radius 3 is 2.03 bits per heavy atom. The number of nitrogens with two attached hydrogens (primary N) is 1. The van der Waals surface area contributed by atoms with E-state index in [2.05, 4.69) is 16.0 Å². The van der Waals surface area contributed by atoms with E-state index in [0.29, 0.717) is 5.56 Å². The molecule has 5 atom stereocenters. The van der Waals surface area contributed by atoms with Gasteiger partial charge in [-0.25, -0.2) is 9.18 Å². The van der Waals surface area contributed by atoms with Crippen molar-refractivity contribution in [1.82, 2.24) is 16.0 Å². The number of benzene rings is 1. The topological polar surface area (TPSA) is 188 Å². The first-order chi connectivity index (χ1) is 15.9. The van der Waals surface area contributed by atoms with E-state index in [4.69, 9.17) is 10.8 Å². The Hall–Kier alpha value is -3.54. The van der Waals surface area contributed by atoms with Crippen molar-refractivity contribution in [1.29, 1.82) is 0 Å². The van der Waals surface area contributed by atoms with E-state index < -0.39 is 66.4 Å². The van der Waals surface area contributed by atoms with Gasteiger partial charge in [0.2, 0.25) is 17.7 Å². The molecule has 7 N–H and O–H groups in total. The van der Waals surface area contributed by atoms with Crippen LogP contribution in [0.25, 0.3) is 0 Å². The van der Waals surface area contributed by atoms with Crippen molar-refractivity contribution < 1.29 is 38.6 Å². The van der Waals surface area contributed by atoms with Crippen molar-refractivity contribution in [2.75, 3.05) is 0 Å². The van der Waals surface area contributed by atoms with Crippen molar-refractivity contribution in [2.24, 2.45) is 5.73 Å². The summed E-state index contributed by atoms with van der Waals surface area (Å²) in [6.45, 7) is 2.49. The fourth-order valence-corrected chi connectivity index (χ4v) is 2.97. The minimum absolute atomic E-state index is 0.0227. The summed E-state index contributed by atoms with van der Waals surface area (Å²) in [7, 11) is 0. The zero-order valence-corrected chi connectivity index (χ0v) is 19.0. The Bertz CT molecular complexity index is 866. The van der Waals surface area contributed by atoms with E-state index in [0.717, 1.165) is 0 Å². The highest BCUT2D eigenvalue weighted by Crippen LogP contribution is 2.06. The zero-order valence-electron chi connectivity index (χ0n) is 19.0. The third-order valence-electron chi connectivity index (χ3n) is 4.85. The summed E-state index contributed by atoms with van der Waals surface area (Å²) in [5, 5.41) is 25.1. The second-order valence-corrected chi connectivity index (χ2v) is 7.94. The highest BCUT2D eigenvalue weighted by molar-refractivity contribution is 5.94. The van der Waals surface area contributed by atoms with Crippen LogP contribution in [0.15, 0.2) is 30.3 Å². The number of carbonyl (C=O) groups excluding carboxylic acids is 3. The van der Waals surface area contributed by atoms with Crippen molar-refractivity contribution in [2.45, 2.75) is 69.9 Å². The molecule has 0 bridgehead atoms. The number of carboxylic acids is 2. The molecule has 1 aromatic carbocycles. The summed E-state index contributed by atoms with van der Waals surface area (Å²) < 4.78 is 13.6. The molecule has 188 valence electrons. The molecule has 0 spiro atoms. The summed E-state index contributed by atoms with van der Waals surface area (Å²) in [5.74, 6) is -4.91. The maximum atomic E-state index is 13.6. The SMILES string of the molecule is CC(F)C[C@H](NC(=O)[C@@H](N)CCC(=O)O)C(=O)NC(C)C(=O)N[C@@H](Cc1ccccc1)C(=O)O. The third kappa shape index (κ3) is 10.4. The summed E-state index contributed by atoms with van der Waals surface area (Å²) in [5.41, 5.74) is 6.31. The molecular weight excluding hydrogens is 451 g/mol. The number of hydrogen-bond donors (Lipinski definition) is 6. The van der Waals surface area contributed by atoms with E-state index in [1.165, 1.54) is 13.8 Å². The van der Waals surface area contributed by atoms with E-state index in [9.17, 15) is 33.5 Å². The molecule has 0 aromatic heterocycles. The van der Waals surface area contributed by atoms with Crippen molar-refractivity contribution >= 4 is 29.7 Å². The van der Waals surface area contributed by atoms with Gasteiger partial charge >= 0.3 is 11.9 Å². The molecule has 12 heteroatoms.